The molecule has 1 N–H and O–H groups in total. The lowest BCUT2D eigenvalue weighted by Crippen LogP contribution is -2.20. The topological polar surface area (TPSA) is 72.8 Å². The maximum atomic E-state index is 12.8. The molecule has 152 valence electrons. The SMILES string of the molecule is CCC(=Nc1ccc(-c2ccccn2)cc1)C1C(=O)Nc2cc(OC)c(OC)cc21. The highest BCUT2D eigenvalue weighted by molar-refractivity contribution is 6.19. The molecule has 0 saturated heterocycles. The second kappa shape index (κ2) is 8.37. The van der Waals surface area contributed by atoms with Crippen molar-refractivity contribution < 1.29 is 14.3 Å². The molecular weight excluding hydrogens is 378 g/mol. The van der Waals surface area contributed by atoms with Gasteiger partial charge >= 0.3 is 0 Å². The van der Waals surface area contributed by atoms with Gasteiger partial charge in [-0.15, -0.1) is 0 Å². The number of hydrogen-bond acceptors (Lipinski definition) is 5. The lowest BCUT2D eigenvalue weighted by molar-refractivity contribution is -0.115. The zero-order valence-electron chi connectivity index (χ0n) is 17.2. The molecule has 0 saturated carbocycles. The number of nitrogens with zero attached hydrogens (tertiary/aromatic N) is 2. The van der Waals surface area contributed by atoms with Gasteiger partial charge in [-0.1, -0.05) is 25.1 Å². The van der Waals surface area contributed by atoms with E-state index in [9.17, 15) is 4.79 Å². The van der Waals surface area contributed by atoms with E-state index >= 15 is 0 Å². The third-order valence-corrected chi connectivity index (χ3v) is 5.18. The first-order chi connectivity index (χ1) is 14.6. The summed E-state index contributed by atoms with van der Waals surface area (Å²) in [7, 11) is 3.16. The van der Waals surface area contributed by atoms with Crippen LogP contribution >= 0.6 is 0 Å². The molecule has 0 spiro atoms. The summed E-state index contributed by atoms with van der Waals surface area (Å²) in [5.41, 5.74) is 5.11. The second-order valence-electron chi connectivity index (χ2n) is 6.94. The van der Waals surface area contributed by atoms with Crippen molar-refractivity contribution in [3.8, 4) is 22.8 Å². The van der Waals surface area contributed by atoms with Crippen LogP contribution in [0, 0.1) is 0 Å². The first-order valence-corrected chi connectivity index (χ1v) is 9.80. The van der Waals surface area contributed by atoms with Crippen LogP contribution in [0.2, 0.25) is 0 Å². The molecule has 4 rings (SSSR count). The molecule has 6 heteroatoms. The summed E-state index contributed by atoms with van der Waals surface area (Å²) in [6.07, 6.45) is 2.42. The molecule has 0 bridgehead atoms. The molecule has 2 heterocycles. The van der Waals surface area contributed by atoms with E-state index in [2.05, 4.69) is 10.3 Å². The molecule has 1 aliphatic heterocycles. The van der Waals surface area contributed by atoms with Gasteiger partial charge in [0, 0.05) is 29.2 Å². The number of ether oxygens (including phenoxy) is 2. The summed E-state index contributed by atoms with van der Waals surface area (Å²) in [4.78, 5) is 22.0. The van der Waals surface area contributed by atoms with Crippen molar-refractivity contribution >= 4 is 23.0 Å². The third-order valence-electron chi connectivity index (χ3n) is 5.18. The van der Waals surface area contributed by atoms with Crippen molar-refractivity contribution in [2.45, 2.75) is 19.3 Å². The minimum absolute atomic E-state index is 0.0917. The van der Waals surface area contributed by atoms with E-state index in [-0.39, 0.29) is 5.91 Å². The van der Waals surface area contributed by atoms with Crippen molar-refractivity contribution in [3.05, 3.63) is 66.4 Å². The number of anilines is 1. The molecule has 0 aliphatic carbocycles. The molecule has 2 aromatic carbocycles. The first kappa shape index (κ1) is 19.6. The van der Waals surface area contributed by atoms with Gasteiger partial charge in [-0.05, 0) is 42.3 Å². The van der Waals surface area contributed by atoms with Gasteiger partial charge in [0.15, 0.2) is 11.5 Å². The number of aliphatic imine (C=N–C) groups is 1. The highest BCUT2D eigenvalue weighted by atomic mass is 16.5. The molecular formula is C24H23N3O3. The Bertz CT molecular complexity index is 1090. The van der Waals surface area contributed by atoms with Gasteiger partial charge in [-0.3, -0.25) is 14.8 Å². The van der Waals surface area contributed by atoms with Gasteiger partial charge in [0.25, 0.3) is 0 Å². The number of aromatic nitrogens is 1. The number of rotatable bonds is 6. The van der Waals surface area contributed by atoms with E-state index < -0.39 is 5.92 Å². The summed E-state index contributed by atoms with van der Waals surface area (Å²) < 4.78 is 10.8. The van der Waals surface area contributed by atoms with Crippen LogP contribution in [0.1, 0.15) is 24.8 Å². The van der Waals surface area contributed by atoms with E-state index in [1.807, 2.05) is 55.5 Å². The van der Waals surface area contributed by atoms with E-state index in [0.717, 1.165) is 33.9 Å². The summed E-state index contributed by atoms with van der Waals surface area (Å²) in [5, 5.41) is 2.94. The van der Waals surface area contributed by atoms with Crippen LogP contribution in [0.3, 0.4) is 0 Å². The molecule has 1 atom stereocenters. The fraction of sp³-hybridized carbons (Fsp3) is 0.208. The Kier molecular flexibility index (Phi) is 5.48. The Labute approximate surface area is 175 Å². The van der Waals surface area contributed by atoms with Gasteiger partial charge in [0.2, 0.25) is 5.91 Å². The monoisotopic (exact) mass is 401 g/mol. The Morgan fingerprint density at radius 3 is 2.43 bits per heavy atom. The molecule has 0 fully saturated rings. The zero-order valence-corrected chi connectivity index (χ0v) is 17.2. The Morgan fingerprint density at radius 1 is 1.07 bits per heavy atom. The van der Waals surface area contributed by atoms with E-state index in [0.29, 0.717) is 17.9 Å². The van der Waals surface area contributed by atoms with Crippen molar-refractivity contribution in [2.24, 2.45) is 4.99 Å². The number of fused-ring (bicyclic) bond motifs is 1. The Balaban J connectivity index is 1.68. The maximum absolute atomic E-state index is 12.8. The van der Waals surface area contributed by atoms with Gasteiger partial charge in [0.05, 0.1) is 25.6 Å². The normalized spacial score (nSPS) is 15.5. The van der Waals surface area contributed by atoms with Gasteiger partial charge in [-0.2, -0.15) is 0 Å². The number of hydrogen-bond donors (Lipinski definition) is 1. The van der Waals surface area contributed by atoms with Crippen LogP contribution in [0.5, 0.6) is 11.5 Å². The van der Waals surface area contributed by atoms with Crippen LogP contribution in [0.15, 0.2) is 65.8 Å². The number of pyridine rings is 1. The zero-order chi connectivity index (χ0) is 21.1. The quantitative estimate of drug-likeness (QED) is 0.591. The number of benzene rings is 2. The van der Waals surface area contributed by atoms with Crippen molar-refractivity contribution in [3.63, 3.8) is 0 Å². The number of methoxy groups -OCH3 is 2. The molecule has 1 amide bonds. The predicted octanol–water partition coefficient (Wildman–Crippen LogP) is 4.98. The predicted molar refractivity (Wildman–Crippen MR) is 118 cm³/mol. The summed E-state index contributed by atoms with van der Waals surface area (Å²) >= 11 is 0. The fourth-order valence-corrected chi connectivity index (χ4v) is 3.67. The number of carbonyl (C=O) groups excluding carboxylic acids is 1. The highest BCUT2D eigenvalue weighted by Crippen LogP contribution is 2.42. The summed E-state index contributed by atoms with van der Waals surface area (Å²) in [6, 6.07) is 17.3. The minimum Gasteiger partial charge on any atom is -0.493 e. The van der Waals surface area contributed by atoms with Crippen LogP contribution in [-0.4, -0.2) is 30.8 Å². The number of nitrogens with one attached hydrogen (secondary N) is 1. The van der Waals surface area contributed by atoms with Crippen LogP contribution in [0.4, 0.5) is 11.4 Å². The molecule has 1 unspecified atom stereocenters. The van der Waals surface area contributed by atoms with Crippen molar-refractivity contribution in [1.82, 2.24) is 4.98 Å². The molecule has 1 aromatic heterocycles. The van der Waals surface area contributed by atoms with Crippen LogP contribution in [-0.2, 0) is 4.79 Å². The van der Waals surface area contributed by atoms with E-state index in [4.69, 9.17) is 14.5 Å². The van der Waals surface area contributed by atoms with Crippen molar-refractivity contribution in [1.29, 1.82) is 0 Å². The fourth-order valence-electron chi connectivity index (χ4n) is 3.67. The van der Waals surface area contributed by atoms with Gasteiger partial charge in [-0.25, -0.2) is 0 Å². The maximum Gasteiger partial charge on any atom is 0.237 e. The second-order valence-corrected chi connectivity index (χ2v) is 6.94. The molecule has 3 aromatic rings. The highest BCUT2D eigenvalue weighted by Gasteiger charge is 2.35. The van der Waals surface area contributed by atoms with Crippen LogP contribution in [0.25, 0.3) is 11.3 Å². The average Bonchev–Trinajstić information content (AvgIpc) is 3.12. The number of amides is 1. The smallest absolute Gasteiger partial charge is 0.237 e. The average molecular weight is 401 g/mol. The Hall–Kier alpha value is -3.67. The standard InChI is InChI=1S/C24H23N3O3/c1-4-18(26-16-10-8-15(9-11-16)19-7-5-6-12-25-19)23-17-13-21(29-2)22(30-3)14-20(17)27-24(23)28/h5-14,23H,4H2,1-3H3,(H,27,28). The summed E-state index contributed by atoms with van der Waals surface area (Å²) in [6.45, 7) is 2.01. The Morgan fingerprint density at radius 2 is 1.80 bits per heavy atom. The third kappa shape index (κ3) is 3.64. The molecule has 30 heavy (non-hydrogen) atoms. The van der Waals surface area contributed by atoms with Gasteiger partial charge < -0.3 is 14.8 Å². The molecule has 6 nitrogen and oxygen atoms in total. The van der Waals surface area contributed by atoms with Crippen molar-refractivity contribution in [2.75, 3.05) is 19.5 Å². The van der Waals surface area contributed by atoms with Crippen LogP contribution < -0.4 is 14.8 Å². The largest absolute Gasteiger partial charge is 0.493 e. The molecule has 1 aliphatic rings. The van der Waals surface area contributed by atoms with Gasteiger partial charge in [0.1, 0.15) is 5.92 Å². The molecule has 0 radical (unpaired) electrons. The van der Waals surface area contributed by atoms with E-state index in [1.165, 1.54) is 0 Å². The van der Waals surface area contributed by atoms with E-state index in [1.54, 1.807) is 26.5 Å². The number of carbonyl (C=O) groups is 1. The minimum atomic E-state index is -0.458. The lowest BCUT2D eigenvalue weighted by atomic mass is 9.93. The lowest BCUT2D eigenvalue weighted by Gasteiger charge is -2.14. The summed E-state index contributed by atoms with van der Waals surface area (Å²) in [5.74, 6) is 0.622. The first-order valence-electron chi connectivity index (χ1n) is 9.80.